The molecule has 1 aliphatic carbocycles. The van der Waals surface area contributed by atoms with Crippen LogP contribution in [0.1, 0.15) is 33.0 Å². The highest BCUT2D eigenvalue weighted by molar-refractivity contribution is 5.80. The third-order valence-electron chi connectivity index (χ3n) is 3.76. The average molecular weight is 252 g/mol. The maximum Gasteiger partial charge on any atom is 0.153 e. The minimum absolute atomic E-state index is 0.454. The lowest BCUT2D eigenvalue weighted by Crippen LogP contribution is -2.23. The molecule has 0 N–H and O–H groups in total. The Bertz CT molecular complexity index is 616. The smallest absolute Gasteiger partial charge is 0.153 e. The van der Waals surface area contributed by atoms with E-state index in [4.69, 9.17) is 4.74 Å². The predicted octanol–water partition coefficient (Wildman–Crippen LogP) is 3.53. The van der Waals surface area contributed by atoms with E-state index in [9.17, 15) is 4.79 Å². The molecule has 0 fully saturated rings. The Morgan fingerprint density at radius 1 is 1.21 bits per heavy atom. The van der Waals surface area contributed by atoms with E-state index in [0.29, 0.717) is 18.1 Å². The van der Waals surface area contributed by atoms with Crippen molar-refractivity contribution in [3.05, 3.63) is 64.7 Å². The summed E-state index contributed by atoms with van der Waals surface area (Å²) >= 11 is 0. The summed E-state index contributed by atoms with van der Waals surface area (Å²) in [5.41, 5.74) is 4.44. The van der Waals surface area contributed by atoms with Crippen LogP contribution in [-0.4, -0.2) is 12.9 Å². The maximum atomic E-state index is 11.0. The van der Waals surface area contributed by atoms with E-state index in [2.05, 4.69) is 24.3 Å². The Labute approximate surface area is 113 Å². The molecule has 2 nitrogen and oxygen atoms in total. The van der Waals surface area contributed by atoms with Crippen molar-refractivity contribution in [3.8, 4) is 5.75 Å². The fourth-order valence-electron chi connectivity index (χ4n) is 2.66. The van der Waals surface area contributed by atoms with E-state index in [0.717, 1.165) is 24.0 Å². The summed E-state index contributed by atoms with van der Waals surface area (Å²) in [7, 11) is 0. The number of carbonyl (C=O) groups is 1. The monoisotopic (exact) mass is 252 g/mol. The molecule has 1 aliphatic rings. The van der Waals surface area contributed by atoms with E-state index >= 15 is 0 Å². The van der Waals surface area contributed by atoms with Gasteiger partial charge in [0.15, 0.2) is 6.29 Å². The molecule has 2 heteroatoms. The number of aryl methyl sites for hydroxylation is 1. The first-order valence-corrected chi connectivity index (χ1v) is 6.55. The maximum absolute atomic E-state index is 11.0. The second-order valence-electron chi connectivity index (χ2n) is 5.02. The molecule has 19 heavy (non-hydrogen) atoms. The molecule has 0 bridgehead atoms. The zero-order valence-electron chi connectivity index (χ0n) is 10.9. The van der Waals surface area contributed by atoms with E-state index < -0.39 is 0 Å². The standard InChI is InChI=1S/C17H16O2/c1-12-5-4-7-14(10-18)17(12)19-11-15-9-13-6-2-3-8-16(13)15/h2-8,10,15H,9,11H2,1H3. The SMILES string of the molecule is Cc1cccc(C=O)c1OCC1Cc2ccccc21. The first-order valence-electron chi connectivity index (χ1n) is 6.55. The highest BCUT2D eigenvalue weighted by atomic mass is 16.5. The van der Waals surface area contributed by atoms with Crippen molar-refractivity contribution in [2.45, 2.75) is 19.3 Å². The van der Waals surface area contributed by atoms with E-state index in [-0.39, 0.29) is 0 Å². The lowest BCUT2D eigenvalue weighted by molar-refractivity contribution is 0.111. The quantitative estimate of drug-likeness (QED) is 0.778. The number of para-hydroxylation sites is 1. The molecule has 0 spiro atoms. The lowest BCUT2D eigenvalue weighted by Gasteiger charge is -2.30. The van der Waals surface area contributed by atoms with Gasteiger partial charge in [-0.25, -0.2) is 0 Å². The molecule has 0 radical (unpaired) electrons. The summed E-state index contributed by atoms with van der Waals surface area (Å²) in [4.78, 5) is 11.0. The van der Waals surface area contributed by atoms with Crippen LogP contribution in [0.15, 0.2) is 42.5 Å². The lowest BCUT2D eigenvalue weighted by atomic mass is 9.78. The Morgan fingerprint density at radius 2 is 2.05 bits per heavy atom. The summed E-state index contributed by atoms with van der Waals surface area (Å²) in [6.07, 6.45) is 1.93. The van der Waals surface area contributed by atoms with Crippen molar-refractivity contribution in [1.82, 2.24) is 0 Å². The van der Waals surface area contributed by atoms with Crippen molar-refractivity contribution in [3.63, 3.8) is 0 Å². The molecule has 0 aromatic heterocycles. The molecule has 0 aliphatic heterocycles. The van der Waals surface area contributed by atoms with E-state index in [1.165, 1.54) is 11.1 Å². The number of carbonyl (C=O) groups excluding carboxylic acids is 1. The van der Waals surface area contributed by atoms with Crippen LogP contribution < -0.4 is 4.74 Å². The second kappa shape index (κ2) is 4.88. The van der Waals surface area contributed by atoms with Gasteiger partial charge in [0.05, 0.1) is 12.2 Å². The molecule has 0 heterocycles. The highest BCUT2D eigenvalue weighted by Crippen LogP contribution is 2.35. The number of benzene rings is 2. The summed E-state index contributed by atoms with van der Waals surface area (Å²) < 4.78 is 5.89. The second-order valence-corrected chi connectivity index (χ2v) is 5.02. The van der Waals surface area contributed by atoms with Crippen LogP contribution in [0.5, 0.6) is 5.75 Å². The van der Waals surface area contributed by atoms with Gasteiger partial charge in [0.2, 0.25) is 0 Å². The van der Waals surface area contributed by atoms with Gasteiger partial charge in [-0.1, -0.05) is 36.4 Å². The first-order chi connectivity index (χ1) is 9.29. The predicted molar refractivity (Wildman–Crippen MR) is 74.9 cm³/mol. The molecule has 2 aromatic carbocycles. The van der Waals surface area contributed by atoms with Crippen LogP contribution >= 0.6 is 0 Å². The van der Waals surface area contributed by atoms with Crippen LogP contribution in [-0.2, 0) is 6.42 Å². The molecule has 96 valence electrons. The number of hydrogen-bond donors (Lipinski definition) is 0. The Balaban J connectivity index is 1.73. The van der Waals surface area contributed by atoms with Crippen molar-refractivity contribution >= 4 is 6.29 Å². The normalized spacial score (nSPS) is 16.4. The largest absolute Gasteiger partial charge is 0.492 e. The van der Waals surface area contributed by atoms with Crippen LogP contribution in [0.25, 0.3) is 0 Å². The number of fused-ring (bicyclic) bond motifs is 1. The van der Waals surface area contributed by atoms with Crippen molar-refractivity contribution < 1.29 is 9.53 Å². The van der Waals surface area contributed by atoms with Gasteiger partial charge >= 0.3 is 0 Å². The van der Waals surface area contributed by atoms with Crippen LogP contribution in [0.2, 0.25) is 0 Å². The number of rotatable bonds is 4. The highest BCUT2D eigenvalue weighted by Gasteiger charge is 2.26. The average Bonchev–Trinajstić information content (AvgIpc) is 2.41. The summed E-state index contributed by atoms with van der Waals surface area (Å²) in [6.45, 7) is 2.61. The summed E-state index contributed by atoms with van der Waals surface area (Å²) in [6, 6.07) is 14.1. The molecule has 3 rings (SSSR count). The van der Waals surface area contributed by atoms with Gasteiger partial charge in [0, 0.05) is 5.92 Å². The van der Waals surface area contributed by atoms with E-state index in [1.54, 1.807) is 6.07 Å². The zero-order chi connectivity index (χ0) is 13.2. The van der Waals surface area contributed by atoms with Crippen LogP contribution in [0.3, 0.4) is 0 Å². The molecule has 1 unspecified atom stereocenters. The summed E-state index contributed by atoms with van der Waals surface area (Å²) in [5.74, 6) is 1.18. The van der Waals surface area contributed by atoms with Gasteiger partial charge in [-0.15, -0.1) is 0 Å². The Hall–Kier alpha value is -2.09. The fourth-order valence-corrected chi connectivity index (χ4v) is 2.66. The minimum Gasteiger partial charge on any atom is -0.492 e. The van der Waals surface area contributed by atoms with Crippen LogP contribution in [0, 0.1) is 6.92 Å². The van der Waals surface area contributed by atoms with Crippen molar-refractivity contribution in [1.29, 1.82) is 0 Å². The number of aldehydes is 1. The van der Waals surface area contributed by atoms with Gasteiger partial charge in [-0.2, -0.15) is 0 Å². The van der Waals surface area contributed by atoms with Gasteiger partial charge in [0.25, 0.3) is 0 Å². The number of ether oxygens (including phenoxy) is 1. The topological polar surface area (TPSA) is 26.3 Å². The van der Waals surface area contributed by atoms with Gasteiger partial charge < -0.3 is 4.74 Å². The van der Waals surface area contributed by atoms with Gasteiger partial charge in [0.1, 0.15) is 5.75 Å². The summed E-state index contributed by atoms with van der Waals surface area (Å²) in [5, 5.41) is 0. The van der Waals surface area contributed by atoms with Gasteiger partial charge in [-0.05, 0) is 36.1 Å². The molecular weight excluding hydrogens is 236 g/mol. The number of hydrogen-bond acceptors (Lipinski definition) is 2. The minimum atomic E-state index is 0.454. The molecular formula is C17H16O2. The zero-order valence-corrected chi connectivity index (χ0v) is 10.9. The first kappa shape index (κ1) is 12.0. The van der Waals surface area contributed by atoms with Crippen LogP contribution in [0.4, 0.5) is 0 Å². The molecule has 0 saturated heterocycles. The van der Waals surface area contributed by atoms with Gasteiger partial charge in [-0.3, -0.25) is 4.79 Å². The third kappa shape index (κ3) is 2.14. The molecule has 2 aromatic rings. The Morgan fingerprint density at radius 3 is 2.84 bits per heavy atom. The molecule has 0 amide bonds. The fraction of sp³-hybridized carbons (Fsp3) is 0.235. The molecule has 0 saturated carbocycles. The Kier molecular flexibility index (Phi) is 3.08. The van der Waals surface area contributed by atoms with E-state index in [1.807, 2.05) is 19.1 Å². The molecule has 1 atom stereocenters. The third-order valence-corrected chi connectivity index (χ3v) is 3.76. The van der Waals surface area contributed by atoms with Crippen molar-refractivity contribution in [2.24, 2.45) is 0 Å². The van der Waals surface area contributed by atoms with Crippen molar-refractivity contribution in [2.75, 3.05) is 6.61 Å².